The Bertz CT molecular complexity index is 621. The van der Waals surface area contributed by atoms with Crippen molar-refractivity contribution in [3.05, 3.63) is 42.1 Å². The number of hydrogen-bond donors (Lipinski definition) is 1. The maximum Gasteiger partial charge on any atom is 0.276 e. The van der Waals surface area contributed by atoms with Crippen molar-refractivity contribution in [2.24, 2.45) is 5.92 Å². The molecule has 3 rings (SSSR count). The predicted octanol–water partition coefficient (Wildman–Crippen LogP) is 2.18. The third kappa shape index (κ3) is 2.83. The van der Waals surface area contributed by atoms with E-state index in [1.807, 2.05) is 30.3 Å². The van der Waals surface area contributed by atoms with Gasteiger partial charge in [0.25, 0.3) is 5.91 Å². The lowest BCUT2D eigenvalue weighted by Crippen LogP contribution is -2.30. The van der Waals surface area contributed by atoms with E-state index in [1.54, 1.807) is 17.9 Å². The van der Waals surface area contributed by atoms with Gasteiger partial charge in [-0.1, -0.05) is 35.5 Å². The molecule has 1 aliphatic heterocycles. The summed E-state index contributed by atoms with van der Waals surface area (Å²) in [6.45, 7) is 2.99. The Balaban J connectivity index is 1.73. The molecular formula is C16H18N2O3. The molecule has 0 aliphatic carbocycles. The van der Waals surface area contributed by atoms with Crippen LogP contribution in [0, 0.1) is 5.92 Å². The van der Waals surface area contributed by atoms with E-state index in [2.05, 4.69) is 5.16 Å². The normalized spacial score (nSPS) is 19.7. The van der Waals surface area contributed by atoms with Crippen LogP contribution in [-0.4, -0.2) is 40.3 Å². The van der Waals surface area contributed by atoms with Crippen molar-refractivity contribution in [2.75, 3.05) is 13.1 Å². The average Bonchev–Trinajstić information content (AvgIpc) is 3.17. The van der Waals surface area contributed by atoms with E-state index in [0.29, 0.717) is 24.5 Å². The average molecular weight is 286 g/mol. The standard InChI is InChI=1S/C16H18N2O3/c1-11(19)13-7-8-18(10-13)16(20)14-9-15(21-17-14)12-5-3-2-4-6-12/h2-6,9,11,13,19H,7-8,10H2,1H3. The zero-order valence-electron chi connectivity index (χ0n) is 11.9. The highest BCUT2D eigenvalue weighted by Gasteiger charge is 2.30. The van der Waals surface area contributed by atoms with Crippen molar-refractivity contribution >= 4 is 5.91 Å². The van der Waals surface area contributed by atoms with Crippen LogP contribution >= 0.6 is 0 Å². The fourth-order valence-electron chi connectivity index (χ4n) is 2.64. The fourth-order valence-corrected chi connectivity index (χ4v) is 2.64. The van der Waals surface area contributed by atoms with Gasteiger partial charge in [0.15, 0.2) is 11.5 Å². The quantitative estimate of drug-likeness (QED) is 0.939. The van der Waals surface area contributed by atoms with Gasteiger partial charge < -0.3 is 14.5 Å². The van der Waals surface area contributed by atoms with Crippen LogP contribution in [0.1, 0.15) is 23.8 Å². The number of rotatable bonds is 3. The lowest BCUT2D eigenvalue weighted by molar-refractivity contribution is 0.0752. The summed E-state index contributed by atoms with van der Waals surface area (Å²) in [5.74, 6) is 0.601. The Hall–Kier alpha value is -2.14. The van der Waals surface area contributed by atoms with Crippen LogP contribution in [0.5, 0.6) is 0 Å². The SMILES string of the molecule is CC(O)C1CCN(C(=O)c2cc(-c3ccccc3)on2)C1. The van der Waals surface area contributed by atoms with E-state index in [-0.39, 0.29) is 17.9 Å². The van der Waals surface area contributed by atoms with Crippen LogP contribution in [-0.2, 0) is 0 Å². The Kier molecular flexibility index (Phi) is 3.75. The molecule has 0 saturated carbocycles. The topological polar surface area (TPSA) is 66.6 Å². The highest BCUT2D eigenvalue weighted by Crippen LogP contribution is 2.24. The van der Waals surface area contributed by atoms with Crippen molar-refractivity contribution in [3.8, 4) is 11.3 Å². The zero-order valence-corrected chi connectivity index (χ0v) is 11.9. The van der Waals surface area contributed by atoms with Crippen molar-refractivity contribution < 1.29 is 14.4 Å². The van der Waals surface area contributed by atoms with Gasteiger partial charge >= 0.3 is 0 Å². The molecule has 0 bridgehead atoms. The number of likely N-dealkylation sites (tertiary alicyclic amines) is 1. The van der Waals surface area contributed by atoms with Gasteiger partial charge in [-0.15, -0.1) is 0 Å². The highest BCUT2D eigenvalue weighted by atomic mass is 16.5. The summed E-state index contributed by atoms with van der Waals surface area (Å²) >= 11 is 0. The molecule has 1 amide bonds. The summed E-state index contributed by atoms with van der Waals surface area (Å²) < 4.78 is 5.26. The number of nitrogens with zero attached hydrogens (tertiary/aromatic N) is 2. The molecule has 5 heteroatoms. The number of amides is 1. The molecule has 1 fully saturated rings. The molecule has 2 heterocycles. The summed E-state index contributed by atoms with van der Waals surface area (Å²) in [5.41, 5.74) is 1.22. The van der Waals surface area contributed by atoms with E-state index < -0.39 is 0 Å². The van der Waals surface area contributed by atoms with Crippen LogP contribution in [0.15, 0.2) is 40.9 Å². The van der Waals surface area contributed by atoms with Crippen LogP contribution in [0.4, 0.5) is 0 Å². The number of carbonyl (C=O) groups excluding carboxylic acids is 1. The van der Waals surface area contributed by atoms with E-state index >= 15 is 0 Å². The maximum absolute atomic E-state index is 12.4. The first-order valence-electron chi connectivity index (χ1n) is 7.14. The van der Waals surface area contributed by atoms with Gasteiger partial charge in [0.2, 0.25) is 0 Å². The minimum Gasteiger partial charge on any atom is -0.393 e. The lowest BCUT2D eigenvalue weighted by atomic mass is 10.0. The Labute approximate surface area is 123 Å². The molecule has 2 atom stereocenters. The molecule has 1 saturated heterocycles. The molecule has 1 aliphatic rings. The first-order chi connectivity index (χ1) is 10.1. The van der Waals surface area contributed by atoms with Gasteiger partial charge in [-0.25, -0.2) is 0 Å². The number of aromatic nitrogens is 1. The number of carbonyl (C=O) groups is 1. The van der Waals surface area contributed by atoms with Gasteiger partial charge in [0.1, 0.15) is 0 Å². The van der Waals surface area contributed by atoms with Gasteiger partial charge in [-0.2, -0.15) is 0 Å². The minimum atomic E-state index is -0.389. The fraction of sp³-hybridized carbons (Fsp3) is 0.375. The molecule has 1 aromatic carbocycles. The highest BCUT2D eigenvalue weighted by molar-refractivity contribution is 5.93. The molecule has 0 spiro atoms. The van der Waals surface area contributed by atoms with Crippen LogP contribution in [0.25, 0.3) is 11.3 Å². The summed E-state index contributed by atoms with van der Waals surface area (Å²) in [5, 5.41) is 13.5. The van der Waals surface area contributed by atoms with Crippen molar-refractivity contribution in [3.63, 3.8) is 0 Å². The molecule has 110 valence electrons. The number of aliphatic hydroxyl groups is 1. The van der Waals surface area contributed by atoms with Crippen LogP contribution < -0.4 is 0 Å². The van der Waals surface area contributed by atoms with Gasteiger partial charge in [-0.3, -0.25) is 4.79 Å². The molecule has 21 heavy (non-hydrogen) atoms. The van der Waals surface area contributed by atoms with Crippen LogP contribution in [0.3, 0.4) is 0 Å². The van der Waals surface area contributed by atoms with E-state index in [0.717, 1.165) is 12.0 Å². The molecule has 0 radical (unpaired) electrons. The molecule has 1 aromatic heterocycles. The van der Waals surface area contributed by atoms with Gasteiger partial charge in [0, 0.05) is 30.6 Å². The third-order valence-electron chi connectivity index (χ3n) is 3.98. The zero-order chi connectivity index (χ0) is 14.8. The van der Waals surface area contributed by atoms with E-state index in [4.69, 9.17) is 4.52 Å². The lowest BCUT2D eigenvalue weighted by Gasteiger charge is -2.16. The molecule has 5 nitrogen and oxygen atoms in total. The van der Waals surface area contributed by atoms with Gasteiger partial charge in [0.05, 0.1) is 6.10 Å². The second-order valence-electron chi connectivity index (χ2n) is 5.48. The Morgan fingerprint density at radius 2 is 2.19 bits per heavy atom. The first-order valence-corrected chi connectivity index (χ1v) is 7.14. The Morgan fingerprint density at radius 1 is 1.43 bits per heavy atom. The largest absolute Gasteiger partial charge is 0.393 e. The molecule has 2 aromatic rings. The van der Waals surface area contributed by atoms with Gasteiger partial charge in [-0.05, 0) is 13.3 Å². The van der Waals surface area contributed by atoms with E-state index in [9.17, 15) is 9.90 Å². The smallest absolute Gasteiger partial charge is 0.276 e. The molecular weight excluding hydrogens is 268 g/mol. The van der Waals surface area contributed by atoms with Crippen LogP contribution in [0.2, 0.25) is 0 Å². The molecule has 1 N–H and O–H groups in total. The van der Waals surface area contributed by atoms with Crippen molar-refractivity contribution in [2.45, 2.75) is 19.4 Å². The number of benzene rings is 1. The number of aliphatic hydroxyl groups excluding tert-OH is 1. The maximum atomic E-state index is 12.4. The monoisotopic (exact) mass is 286 g/mol. The van der Waals surface area contributed by atoms with E-state index in [1.165, 1.54) is 0 Å². The predicted molar refractivity (Wildman–Crippen MR) is 77.6 cm³/mol. The minimum absolute atomic E-state index is 0.135. The Morgan fingerprint density at radius 3 is 2.86 bits per heavy atom. The molecule has 2 unspecified atom stereocenters. The summed E-state index contributed by atoms with van der Waals surface area (Å²) in [7, 11) is 0. The number of hydrogen-bond acceptors (Lipinski definition) is 4. The summed E-state index contributed by atoms with van der Waals surface area (Å²) in [6, 6.07) is 11.2. The summed E-state index contributed by atoms with van der Waals surface area (Å²) in [4.78, 5) is 14.1. The van der Waals surface area contributed by atoms with Crippen molar-refractivity contribution in [1.82, 2.24) is 10.1 Å². The second kappa shape index (κ2) is 5.69. The van der Waals surface area contributed by atoms with Crippen molar-refractivity contribution in [1.29, 1.82) is 0 Å². The summed E-state index contributed by atoms with van der Waals surface area (Å²) in [6.07, 6.45) is 0.437. The first kappa shape index (κ1) is 13.8. The third-order valence-corrected chi connectivity index (χ3v) is 3.98. The second-order valence-corrected chi connectivity index (χ2v) is 5.48.